The molecule has 0 aromatic heterocycles. The van der Waals surface area contributed by atoms with Crippen LogP contribution in [-0.2, 0) is 6.42 Å². The van der Waals surface area contributed by atoms with Crippen LogP contribution in [0.4, 0.5) is 11.4 Å². The van der Waals surface area contributed by atoms with E-state index in [-0.39, 0.29) is 21.6 Å². The van der Waals surface area contributed by atoms with Crippen LogP contribution in [0.3, 0.4) is 0 Å². The minimum Gasteiger partial charge on any atom is -0.379 e. The molecule has 0 unspecified atom stereocenters. The molecular formula is C13H18N2O2. The van der Waals surface area contributed by atoms with Gasteiger partial charge < -0.3 is 5.32 Å². The van der Waals surface area contributed by atoms with E-state index in [1.54, 1.807) is 12.1 Å². The number of hydrogen-bond donors (Lipinski definition) is 1. The molecule has 0 aliphatic carbocycles. The van der Waals surface area contributed by atoms with Crippen molar-refractivity contribution in [2.75, 3.05) is 5.32 Å². The van der Waals surface area contributed by atoms with Crippen molar-refractivity contribution in [2.24, 2.45) is 5.41 Å². The molecule has 1 aliphatic heterocycles. The van der Waals surface area contributed by atoms with Gasteiger partial charge in [0, 0.05) is 23.4 Å². The third-order valence-corrected chi connectivity index (χ3v) is 4.08. The molecule has 0 bridgehead atoms. The quantitative estimate of drug-likeness (QED) is 0.598. The standard InChI is InChI=1S/C13H18N2O2/c1-12(2)8-9-5-6-10(15(16)17)7-11(9)14-13(12,3)4/h5-7,14H,8H2,1-4H3. The normalized spacial score (nSPS) is 20.2. The Morgan fingerprint density at radius 1 is 1.29 bits per heavy atom. The van der Waals surface area contributed by atoms with Crippen molar-refractivity contribution < 1.29 is 4.92 Å². The van der Waals surface area contributed by atoms with Crippen LogP contribution in [0, 0.1) is 15.5 Å². The van der Waals surface area contributed by atoms with Gasteiger partial charge in [-0.3, -0.25) is 10.1 Å². The van der Waals surface area contributed by atoms with Crippen molar-refractivity contribution in [3.63, 3.8) is 0 Å². The summed E-state index contributed by atoms with van der Waals surface area (Å²) < 4.78 is 0. The lowest BCUT2D eigenvalue weighted by atomic mass is 9.68. The molecule has 17 heavy (non-hydrogen) atoms. The average Bonchev–Trinajstić information content (AvgIpc) is 2.17. The maximum absolute atomic E-state index is 10.8. The van der Waals surface area contributed by atoms with Gasteiger partial charge in [0.05, 0.1) is 4.92 Å². The summed E-state index contributed by atoms with van der Waals surface area (Å²) in [6, 6.07) is 5.07. The fraction of sp³-hybridized carbons (Fsp3) is 0.538. The first-order valence-electron chi connectivity index (χ1n) is 5.78. The van der Waals surface area contributed by atoms with E-state index in [1.165, 1.54) is 0 Å². The number of nitro benzene ring substituents is 1. The van der Waals surface area contributed by atoms with Gasteiger partial charge in [-0.15, -0.1) is 0 Å². The number of anilines is 1. The zero-order chi connectivity index (χ0) is 12.8. The summed E-state index contributed by atoms with van der Waals surface area (Å²) in [5, 5.41) is 14.2. The molecule has 1 N–H and O–H groups in total. The molecule has 1 aliphatic rings. The first-order valence-corrected chi connectivity index (χ1v) is 5.78. The zero-order valence-corrected chi connectivity index (χ0v) is 10.7. The van der Waals surface area contributed by atoms with Gasteiger partial charge in [0.15, 0.2) is 0 Å². The molecule has 1 heterocycles. The van der Waals surface area contributed by atoms with Gasteiger partial charge in [-0.2, -0.15) is 0 Å². The van der Waals surface area contributed by atoms with E-state index >= 15 is 0 Å². The molecule has 4 nitrogen and oxygen atoms in total. The third kappa shape index (κ3) is 1.88. The van der Waals surface area contributed by atoms with Crippen LogP contribution in [0.15, 0.2) is 18.2 Å². The SMILES string of the molecule is CC1(C)Cc2ccc([N+](=O)[O-])cc2NC1(C)C. The molecule has 0 saturated carbocycles. The van der Waals surface area contributed by atoms with E-state index in [4.69, 9.17) is 0 Å². The Balaban J connectivity index is 2.47. The van der Waals surface area contributed by atoms with Crippen LogP contribution >= 0.6 is 0 Å². The van der Waals surface area contributed by atoms with Crippen LogP contribution in [0.5, 0.6) is 0 Å². The molecule has 0 atom stereocenters. The number of hydrogen-bond acceptors (Lipinski definition) is 3. The number of nitro groups is 1. The highest BCUT2D eigenvalue weighted by Gasteiger charge is 2.41. The second-order valence-corrected chi connectivity index (χ2v) is 5.91. The summed E-state index contributed by atoms with van der Waals surface area (Å²) in [6.45, 7) is 8.69. The van der Waals surface area contributed by atoms with Gasteiger partial charge in [0.2, 0.25) is 0 Å². The van der Waals surface area contributed by atoms with Crippen LogP contribution in [0.1, 0.15) is 33.3 Å². The molecule has 2 rings (SSSR count). The van der Waals surface area contributed by atoms with Crippen LogP contribution < -0.4 is 5.32 Å². The molecule has 92 valence electrons. The van der Waals surface area contributed by atoms with Crippen molar-refractivity contribution in [1.82, 2.24) is 0 Å². The number of nitrogens with zero attached hydrogens (tertiary/aromatic N) is 1. The second-order valence-electron chi connectivity index (χ2n) is 5.91. The monoisotopic (exact) mass is 234 g/mol. The maximum atomic E-state index is 10.8. The van der Waals surface area contributed by atoms with Gasteiger partial charge in [-0.05, 0) is 31.2 Å². The highest BCUT2D eigenvalue weighted by atomic mass is 16.6. The minimum absolute atomic E-state index is 0.0742. The van der Waals surface area contributed by atoms with Crippen molar-refractivity contribution in [2.45, 2.75) is 39.7 Å². The lowest BCUT2D eigenvalue weighted by molar-refractivity contribution is -0.384. The highest BCUT2D eigenvalue weighted by molar-refractivity contribution is 5.61. The summed E-state index contributed by atoms with van der Waals surface area (Å²) >= 11 is 0. The lowest BCUT2D eigenvalue weighted by Gasteiger charge is -2.47. The Kier molecular flexibility index (Phi) is 2.42. The van der Waals surface area contributed by atoms with Crippen LogP contribution in [0.25, 0.3) is 0 Å². The average molecular weight is 234 g/mol. The highest BCUT2D eigenvalue weighted by Crippen LogP contribution is 2.43. The van der Waals surface area contributed by atoms with Crippen molar-refractivity contribution in [1.29, 1.82) is 0 Å². The molecule has 0 amide bonds. The molecule has 1 aromatic carbocycles. The Labute approximate surface area is 101 Å². The molecule has 1 aromatic rings. The molecular weight excluding hydrogens is 216 g/mol. The first kappa shape index (κ1) is 11.9. The lowest BCUT2D eigenvalue weighted by Crippen LogP contribution is -2.50. The van der Waals surface area contributed by atoms with Gasteiger partial charge >= 0.3 is 0 Å². The van der Waals surface area contributed by atoms with E-state index in [0.717, 1.165) is 17.7 Å². The summed E-state index contributed by atoms with van der Waals surface area (Å²) in [7, 11) is 0. The maximum Gasteiger partial charge on any atom is 0.271 e. The summed E-state index contributed by atoms with van der Waals surface area (Å²) in [4.78, 5) is 10.4. The first-order chi connectivity index (χ1) is 7.73. The van der Waals surface area contributed by atoms with Crippen molar-refractivity contribution >= 4 is 11.4 Å². The molecule has 0 fully saturated rings. The Morgan fingerprint density at radius 3 is 2.53 bits per heavy atom. The van der Waals surface area contributed by atoms with E-state index in [2.05, 4.69) is 33.0 Å². The van der Waals surface area contributed by atoms with E-state index in [9.17, 15) is 10.1 Å². The zero-order valence-electron chi connectivity index (χ0n) is 10.7. The van der Waals surface area contributed by atoms with Crippen LogP contribution in [-0.4, -0.2) is 10.5 Å². The van der Waals surface area contributed by atoms with Crippen LogP contribution in [0.2, 0.25) is 0 Å². The topological polar surface area (TPSA) is 55.2 Å². The summed E-state index contributed by atoms with van der Waals surface area (Å²) in [5.74, 6) is 0. The van der Waals surface area contributed by atoms with E-state index in [0.29, 0.717) is 0 Å². The Morgan fingerprint density at radius 2 is 1.94 bits per heavy atom. The predicted octanol–water partition coefficient (Wildman–Crippen LogP) is 3.37. The van der Waals surface area contributed by atoms with Crippen molar-refractivity contribution in [3.05, 3.63) is 33.9 Å². The van der Waals surface area contributed by atoms with E-state index < -0.39 is 0 Å². The van der Waals surface area contributed by atoms with E-state index in [1.807, 2.05) is 6.07 Å². The molecule has 0 saturated heterocycles. The number of rotatable bonds is 1. The number of non-ortho nitro benzene ring substituents is 1. The second kappa shape index (κ2) is 3.45. The molecule has 4 heteroatoms. The Bertz CT molecular complexity index is 478. The third-order valence-electron chi connectivity index (χ3n) is 4.08. The predicted molar refractivity (Wildman–Crippen MR) is 68.3 cm³/mol. The van der Waals surface area contributed by atoms with Gasteiger partial charge in [-0.1, -0.05) is 19.9 Å². The number of nitrogens with one attached hydrogen (secondary N) is 1. The van der Waals surface area contributed by atoms with Crippen molar-refractivity contribution in [3.8, 4) is 0 Å². The summed E-state index contributed by atoms with van der Waals surface area (Å²) in [6.07, 6.45) is 0.931. The minimum atomic E-state index is -0.352. The molecule has 0 radical (unpaired) electrons. The van der Waals surface area contributed by atoms with Gasteiger partial charge in [0.25, 0.3) is 5.69 Å². The number of fused-ring (bicyclic) bond motifs is 1. The Hall–Kier alpha value is -1.58. The number of benzene rings is 1. The molecule has 0 spiro atoms. The fourth-order valence-electron chi connectivity index (χ4n) is 2.15. The summed E-state index contributed by atoms with van der Waals surface area (Å²) in [5.41, 5.74) is 2.24. The van der Waals surface area contributed by atoms with Gasteiger partial charge in [-0.25, -0.2) is 0 Å². The van der Waals surface area contributed by atoms with Gasteiger partial charge in [0.1, 0.15) is 0 Å². The fourth-order valence-corrected chi connectivity index (χ4v) is 2.15. The smallest absolute Gasteiger partial charge is 0.271 e. The largest absolute Gasteiger partial charge is 0.379 e.